The first-order valence-electron chi connectivity index (χ1n) is 6.98. The molecule has 0 spiro atoms. The van der Waals surface area contributed by atoms with E-state index in [9.17, 15) is 9.59 Å². The average molecular weight is 274 g/mol. The Balaban J connectivity index is 3.18. The summed E-state index contributed by atoms with van der Waals surface area (Å²) in [5, 5.41) is 14.0. The van der Waals surface area contributed by atoms with Crippen LogP contribution in [0.3, 0.4) is 0 Å². The molecule has 6 nitrogen and oxygen atoms in total. The summed E-state index contributed by atoms with van der Waals surface area (Å²) in [6.45, 7) is 4.56. The molecule has 0 saturated carbocycles. The van der Waals surface area contributed by atoms with Crippen LogP contribution in [0.5, 0.6) is 0 Å². The quantitative estimate of drug-likeness (QED) is 0.473. The van der Waals surface area contributed by atoms with Gasteiger partial charge in [-0.05, 0) is 26.2 Å². The lowest BCUT2D eigenvalue weighted by molar-refractivity contribution is -0.137. The summed E-state index contributed by atoms with van der Waals surface area (Å²) >= 11 is 0. The first kappa shape index (κ1) is 17.7. The van der Waals surface area contributed by atoms with Gasteiger partial charge in [0, 0.05) is 32.7 Å². The summed E-state index contributed by atoms with van der Waals surface area (Å²) in [5.74, 6) is -0.746. The number of urea groups is 1. The highest BCUT2D eigenvalue weighted by atomic mass is 16.5. The third kappa shape index (κ3) is 14.6. The van der Waals surface area contributed by atoms with Gasteiger partial charge in [-0.3, -0.25) is 4.79 Å². The molecule has 0 aromatic rings. The molecule has 3 N–H and O–H groups in total. The third-order valence-electron chi connectivity index (χ3n) is 2.56. The maximum atomic E-state index is 11.3. The predicted octanol–water partition coefficient (Wildman–Crippen LogP) is 1.75. The highest BCUT2D eigenvalue weighted by Gasteiger charge is 1.99. The molecule has 0 aliphatic rings. The molecule has 0 rings (SSSR count). The van der Waals surface area contributed by atoms with E-state index in [1.54, 1.807) is 0 Å². The van der Waals surface area contributed by atoms with Crippen LogP contribution in [0, 0.1) is 0 Å². The topological polar surface area (TPSA) is 87.7 Å². The number of nitrogens with one attached hydrogen (secondary N) is 2. The number of carboxylic acids is 1. The number of rotatable bonds is 12. The lowest BCUT2D eigenvalue weighted by Gasteiger charge is -2.07. The Morgan fingerprint density at radius 2 is 1.63 bits per heavy atom. The molecule has 0 aliphatic carbocycles. The number of carbonyl (C=O) groups is 2. The maximum Gasteiger partial charge on any atom is 0.314 e. The second-order valence-electron chi connectivity index (χ2n) is 4.29. The minimum Gasteiger partial charge on any atom is -0.481 e. The van der Waals surface area contributed by atoms with Crippen molar-refractivity contribution in [3.05, 3.63) is 0 Å². The van der Waals surface area contributed by atoms with Crippen molar-refractivity contribution in [2.45, 2.75) is 45.4 Å². The van der Waals surface area contributed by atoms with E-state index in [2.05, 4.69) is 10.6 Å². The summed E-state index contributed by atoms with van der Waals surface area (Å²) in [5.41, 5.74) is 0. The normalized spacial score (nSPS) is 10.2. The van der Waals surface area contributed by atoms with E-state index in [4.69, 9.17) is 9.84 Å². The fourth-order valence-electron chi connectivity index (χ4n) is 1.54. The smallest absolute Gasteiger partial charge is 0.314 e. The Labute approximate surface area is 114 Å². The van der Waals surface area contributed by atoms with Gasteiger partial charge in [-0.25, -0.2) is 4.79 Å². The van der Waals surface area contributed by atoms with Crippen molar-refractivity contribution in [1.82, 2.24) is 10.6 Å². The Kier molecular flexibility index (Phi) is 12.2. The molecule has 0 aromatic carbocycles. The molecule has 0 unspecified atom stereocenters. The SMILES string of the molecule is CCOCCCNC(=O)NCCCCCCC(=O)O. The molecule has 0 aromatic heterocycles. The number of hydrogen-bond acceptors (Lipinski definition) is 3. The molecule has 0 fully saturated rings. The molecule has 19 heavy (non-hydrogen) atoms. The van der Waals surface area contributed by atoms with E-state index in [-0.39, 0.29) is 12.5 Å². The molecule has 0 atom stereocenters. The molecular formula is C13H26N2O4. The molecule has 0 radical (unpaired) electrons. The lowest BCUT2D eigenvalue weighted by atomic mass is 10.1. The first-order chi connectivity index (χ1) is 9.16. The van der Waals surface area contributed by atoms with Crippen LogP contribution >= 0.6 is 0 Å². The maximum absolute atomic E-state index is 11.3. The first-order valence-corrected chi connectivity index (χ1v) is 6.98. The van der Waals surface area contributed by atoms with E-state index >= 15 is 0 Å². The van der Waals surface area contributed by atoms with Crippen LogP contribution in [0.1, 0.15) is 45.4 Å². The Morgan fingerprint density at radius 3 is 2.26 bits per heavy atom. The van der Waals surface area contributed by atoms with Crippen LogP contribution in [0.2, 0.25) is 0 Å². The second-order valence-corrected chi connectivity index (χ2v) is 4.29. The van der Waals surface area contributed by atoms with Gasteiger partial charge in [-0.2, -0.15) is 0 Å². The second kappa shape index (κ2) is 13.1. The fourth-order valence-corrected chi connectivity index (χ4v) is 1.54. The lowest BCUT2D eigenvalue weighted by Crippen LogP contribution is -2.36. The molecule has 6 heteroatoms. The van der Waals surface area contributed by atoms with Gasteiger partial charge < -0.3 is 20.5 Å². The number of carboxylic acid groups (broad SMARTS) is 1. The van der Waals surface area contributed by atoms with Gasteiger partial charge >= 0.3 is 12.0 Å². The Morgan fingerprint density at radius 1 is 1.00 bits per heavy atom. The van der Waals surface area contributed by atoms with Gasteiger partial charge in [-0.15, -0.1) is 0 Å². The number of unbranched alkanes of at least 4 members (excludes halogenated alkanes) is 3. The zero-order valence-electron chi connectivity index (χ0n) is 11.7. The summed E-state index contributed by atoms with van der Waals surface area (Å²) in [6, 6.07) is -0.151. The minimum absolute atomic E-state index is 0.151. The van der Waals surface area contributed by atoms with E-state index in [1.165, 1.54) is 0 Å². The van der Waals surface area contributed by atoms with Gasteiger partial charge in [0.25, 0.3) is 0 Å². The van der Waals surface area contributed by atoms with E-state index in [0.717, 1.165) is 25.7 Å². The van der Waals surface area contributed by atoms with E-state index in [1.807, 2.05) is 6.92 Å². The highest BCUT2D eigenvalue weighted by molar-refractivity contribution is 5.73. The van der Waals surface area contributed by atoms with Crippen LogP contribution in [-0.4, -0.2) is 43.4 Å². The van der Waals surface area contributed by atoms with Gasteiger partial charge in [0.15, 0.2) is 0 Å². The monoisotopic (exact) mass is 274 g/mol. The summed E-state index contributed by atoms with van der Waals surface area (Å²) in [4.78, 5) is 21.6. The summed E-state index contributed by atoms with van der Waals surface area (Å²) in [6.07, 6.45) is 4.47. The molecular weight excluding hydrogens is 248 g/mol. The van der Waals surface area contributed by atoms with Gasteiger partial charge in [-0.1, -0.05) is 12.8 Å². The zero-order valence-corrected chi connectivity index (χ0v) is 11.7. The number of amides is 2. The van der Waals surface area contributed by atoms with Crippen molar-refractivity contribution < 1.29 is 19.4 Å². The van der Waals surface area contributed by atoms with Crippen LogP contribution < -0.4 is 10.6 Å². The number of aliphatic carboxylic acids is 1. The van der Waals surface area contributed by atoms with Crippen molar-refractivity contribution in [2.75, 3.05) is 26.3 Å². The fraction of sp³-hybridized carbons (Fsp3) is 0.846. The van der Waals surface area contributed by atoms with Crippen LogP contribution in [-0.2, 0) is 9.53 Å². The predicted molar refractivity (Wildman–Crippen MR) is 73.2 cm³/mol. The Bertz CT molecular complexity index is 247. The number of ether oxygens (including phenoxy) is 1. The standard InChI is InChI=1S/C13H26N2O4/c1-2-19-11-7-10-15-13(18)14-9-6-4-3-5-8-12(16)17/h2-11H2,1H3,(H,16,17)(H2,14,15,18). The molecule has 112 valence electrons. The molecule has 0 saturated heterocycles. The van der Waals surface area contributed by atoms with Crippen LogP contribution in [0.4, 0.5) is 4.79 Å². The van der Waals surface area contributed by atoms with Crippen molar-refractivity contribution in [3.63, 3.8) is 0 Å². The number of carbonyl (C=O) groups excluding carboxylic acids is 1. The van der Waals surface area contributed by atoms with Crippen molar-refractivity contribution >= 4 is 12.0 Å². The zero-order chi connectivity index (χ0) is 14.3. The van der Waals surface area contributed by atoms with E-state index in [0.29, 0.717) is 32.7 Å². The molecule has 0 aliphatic heterocycles. The Hall–Kier alpha value is -1.30. The van der Waals surface area contributed by atoms with Gasteiger partial charge in [0.05, 0.1) is 0 Å². The van der Waals surface area contributed by atoms with E-state index < -0.39 is 5.97 Å². The number of hydrogen-bond donors (Lipinski definition) is 3. The van der Waals surface area contributed by atoms with Crippen LogP contribution in [0.15, 0.2) is 0 Å². The van der Waals surface area contributed by atoms with Gasteiger partial charge in [0.2, 0.25) is 0 Å². The largest absolute Gasteiger partial charge is 0.481 e. The average Bonchev–Trinajstić information content (AvgIpc) is 2.37. The van der Waals surface area contributed by atoms with Crippen molar-refractivity contribution in [1.29, 1.82) is 0 Å². The van der Waals surface area contributed by atoms with Gasteiger partial charge in [0.1, 0.15) is 0 Å². The molecule has 0 heterocycles. The summed E-state index contributed by atoms with van der Waals surface area (Å²) in [7, 11) is 0. The van der Waals surface area contributed by atoms with Crippen molar-refractivity contribution in [3.8, 4) is 0 Å². The third-order valence-corrected chi connectivity index (χ3v) is 2.56. The summed E-state index contributed by atoms with van der Waals surface area (Å²) < 4.78 is 5.15. The molecule has 0 bridgehead atoms. The minimum atomic E-state index is -0.746. The molecule has 2 amide bonds. The van der Waals surface area contributed by atoms with Crippen LogP contribution in [0.25, 0.3) is 0 Å². The highest BCUT2D eigenvalue weighted by Crippen LogP contribution is 2.01. The van der Waals surface area contributed by atoms with Crippen molar-refractivity contribution in [2.24, 2.45) is 0 Å².